The van der Waals surface area contributed by atoms with E-state index in [0.29, 0.717) is 0 Å². The molecule has 2 aliphatic rings. The number of alkyl halides is 3. The van der Waals surface area contributed by atoms with Crippen molar-refractivity contribution in [1.82, 2.24) is 4.90 Å². The molecule has 7 nitrogen and oxygen atoms in total. The van der Waals surface area contributed by atoms with Crippen LogP contribution in [-0.2, 0) is 28.6 Å². The summed E-state index contributed by atoms with van der Waals surface area (Å²) in [5.41, 5.74) is -1.27. The lowest BCUT2D eigenvalue weighted by Gasteiger charge is -2.42. The number of carbonyl (C=O) groups excluding carboxylic acids is 2. The minimum atomic E-state index is -5.05. The highest BCUT2D eigenvalue weighted by Gasteiger charge is 2.55. The van der Waals surface area contributed by atoms with Crippen LogP contribution in [0.15, 0.2) is 0 Å². The van der Waals surface area contributed by atoms with Crippen LogP contribution in [0.3, 0.4) is 0 Å². The van der Waals surface area contributed by atoms with Gasteiger partial charge in [-0.1, -0.05) is 20.8 Å². The van der Waals surface area contributed by atoms with Crippen molar-refractivity contribution in [3.63, 3.8) is 0 Å². The van der Waals surface area contributed by atoms with Crippen molar-refractivity contribution in [3.05, 3.63) is 0 Å². The fraction of sp³-hybridized carbons (Fsp3) is 0.889. The lowest BCUT2D eigenvalue weighted by Crippen LogP contribution is -2.56. The van der Waals surface area contributed by atoms with Crippen LogP contribution in [0.4, 0.5) is 13.2 Å². The minimum Gasteiger partial charge on any atom is -0.381 e. The third-order valence-corrected chi connectivity index (χ3v) is 6.54. The monoisotopic (exact) mass is 443 g/mol. The van der Waals surface area contributed by atoms with E-state index >= 15 is 0 Å². The molecule has 2 rings (SSSR count). The second-order valence-electron chi connectivity index (χ2n) is 8.40. The Morgan fingerprint density at radius 1 is 1.24 bits per heavy atom. The Balaban J connectivity index is 2.37. The number of rotatable bonds is 5. The number of hydrogen-bond donors (Lipinski definition) is 0. The Labute approximate surface area is 169 Å². The highest BCUT2D eigenvalue weighted by atomic mass is 32.2. The molecule has 4 atom stereocenters. The first kappa shape index (κ1) is 23.9. The molecule has 1 aliphatic carbocycles. The fourth-order valence-electron chi connectivity index (χ4n) is 4.47. The average molecular weight is 443 g/mol. The van der Waals surface area contributed by atoms with Crippen molar-refractivity contribution in [2.24, 2.45) is 17.3 Å². The van der Waals surface area contributed by atoms with Crippen LogP contribution in [0.5, 0.6) is 0 Å². The minimum absolute atomic E-state index is 0.0785. The zero-order valence-electron chi connectivity index (χ0n) is 17.0. The van der Waals surface area contributed by atoms with Gasteiger partial charge in [0, 0.05) is 24.6 Å². The van der Waals surface area contributed by atoms with E-state index in [2.05, 4.69) is 4.18 Å². The van der Waals surface area contributed by atoms with Gasteiger partial charge in [0.25, 0.3) is 0 Å². The van der Waals surface area contributed by atoms with E-state index in [1.54, 1.807) is 20.8 Å². The number of carbonyl (C=O) groups is 2. The smallest absolute Gasteiger partial charge is 0.381 e. The maximum Gasteiger partial charge on any atom is 0.471 e. The molecular weight excluding hydrogens is 415 g/mol. The Bertz CT molecular complexity index is 738. The molecule has 3 unspecified atom stereocenters. The average Bonchev–Trinajstić information content (AvgIpc) is 3.01. The van der Waals surface area contributed by atoms with Crippen LogP contribution in [0.2, 0.25) is 0 Å². The molecule has 1 saturated heterocycles. The Hall–Kier alpha value is -1.36. The van der Waals surface area contributed by atoms with E-state index in [9.17, 15) is 31.2 Å². The van der Waals surface area contributed by atoms with Gasteiger partial charge >= 0.3 is 28.2 Å². The summed E-state index contributed by atoms with van der Waals surface area (Å²) in [5, 5.41) is 0. The zero-order valence-corrected chi connectivity index (χ0v) is 17.8. The highest BCUT2D eigenvalue weighted by molar-refractivity contribution is 7.86. The molecule has 1 saturated carbocycles. The third kappa shape index (κ3) is 5.22. The number of amides is 1. The Morgan fingerprint density at radius 2 is 1.86 bits per heavy atom. The van der Waals surface area contributed by atoms with Crippen molar-refractivity contribution >= 4 is 22.0 Å². The highest BCUT2D eigenvalue weighted by Crippen LogP contribution is 2.48. The maximum atomic E-state index is 13.4. The maximum absolute atomic E-state index is 13.4. The lowest BCUT2D eigenvalue weighted by atomic mass is 9.75. The van der Waals surface area contributed by atoms with Crippen LogP contribution in [-0.4, -0.2) is 62.9 Å². The Morgan fingerprint density at radius 3 is 2.34 bits per heavy atom. The van der Waals surface area contributed by atoms with Crippen LogP contribution >= 0.6 is 0 Å². The molecule has 168 valence electrons. The topological polar surface area (TPSA) is 90.0 Å². The van der Waals surface area contributed by atoms with E-state index in [0.717, 1.165) is 11.2 Å². The second-order valence-corrected chi connectivity index (χ2v) is 9.98. The molecule has 0 aromatic heterocycles. The number of hydrogen-bond acceptors (Lipinski definition) is 6. The molecular formula is C18H28F3NO6S. The van der Waals surface area contributed by atoms with Crippen LogP contribution in [0.1, 0.15) is 46.5 Å². The fourth-order valence-corrected chi connectivity index (χ4v) is 4.91. The molecule has 0 bridgehead atoms. The molecule has 1 aliphatic heterocycles. The summed E-state index contributed by atoms with van der Waals surface area (Å²) < 4.78 is 72.9. The molecule has 11 heteroatoms. The quantitative estimate of drug-likeness (QED) is 0.607. The molecule has 2 fully saturated rings. The normalized spacial score (nSPS) is 31.0. The summed E-state index contributed by atoms with van der Waals surface area (Å²) in [6.07, 6.45) is -3.82. The summed E-state index contributed by atoms with van der Waals surface area (Å²) >= 11 is 0. The van der Waals surface area contributed by atoms with Gasteiger partial charge in [0.15, 0.2) is 0 Å². The first-order chi connectivity index (χ1) is 13.2. The van der Waals surface area contributed by atoms with E-state index in [4.69, 9.17) is 4.74 Å². The standard InChI is InChI=1S/C18H28F3NO6S/c1-11(2)17(16(24)28-29(4,25)26)7-5-13(9-17)22(15(23)18(19,20)21)14-6-8-27-10-12(14)3/h11-14H,5-10H2,1-4H3/t12?,13?,14?,17-/m0/s1. The van der Waals surface area contributed by atoms with Gasteiger partial charge in [-0.3, -0.25) is 9.59 Å². The van der Waals surface area contributed by atoms with E-state index in [-0.39, 0.29) is 50.7 Å². The second kappa shape index (κ2) is 8.41. The van der Waals surface area contributed by atoms with Gasteiger partial charge in [-0.15, -0.1) is 0 Å². The molecule has 29 heavy (non-hydrogen) atoms. The first-order valence-electron chi connectivity index (χ1n) is 9.60. The van der Waals surface area contributed by atoms with Gasteiger partial charge in [0.2, 0.25) is 0 Å². The SMILES string of the molecule is CC1COCCC1N(C(=O)C(F)(F)F)C1CC[C@@](C(=O)OS(C)(=O)=O)(C(C)C)C1. The zero-order chi connectivity index (χ0) is 22.2. The van der Waals surface area contributed by atoms with Crippen molar-refractivity contribution in [2.75, 3.05) is 19.5 Å². The third-order valence-electron chi connectivity index (χ3n) is 6.09. The summed E-state index contributed by atoms with van der Waals surface area (Å²) in [7, 11) is -4.07. The van der Waals surface area contributed by atoms with Gasteiger partial charge in [-0.2, -0.15) is 21.6 Å². The Kier molecular flexibility index (Phi) is 6.93. The molecule has 0 spiro atoms. The van der Waals surface area contributed by atoms with Crippen molar-refractivity contribution in [1.29, 1.82) is 0 Å². The summed E-state index contributed by atoms with van der Waals surface area (Å²) in [5.74, 6) is -3.59. The first-order valence-corrected chi connectivity index (χ1v) is 11.4. The van der Waals surface area contributed by atoms with Gasteiger partial charge in [-0.25, -0.2) is 0 Å². The number of nitrogens with zero attached hydrogens (tertiary/aromatic N) is 1. The van der Waals surface area contributed by atoms with Gasteiger partial charge < -0.3 is 13.8 Å². The molecule has 1 heterocycles. The molecule has 0 N–H and O–H groups in total. The summed E-state index contributed by atoms with van der Waals surface area (Å²) in [6, 6.07) is -1.51. The van der Waals surface area contributed by atoms with Crippen LogP contribution in [0, 0.1) is 17.3 Å². The molecule has 0 radical (unpaired) electrons. The summed E-state index contributed by atoms with van der Waals surface area (Å²) in [4.78, 5) is 25.8. The predicted molar refractivity (Wildman–Crippen MR) is 97.1 cm³/mol. The predicted octanol–water partition coefficient (Wildman–Crippen LogP) is 2.50. The number of ether oxygens (including phenoxy) is 1. The van der Waals surface area contributed by atoms with Gasteiger partial charge in [-0.05, 0) is 31.6 Å². The van der Waals surface area contributed by atoms with E-state index in [1.807, 2.05) is 0 Å². The summed E-state index contributed by atoms with van der Waals surface area (Å²) in [6.45, 7) is 5.60. The van der Waals surface area contributed by atoms with Crippen LogP contribution in [0.25, 0.3) is 0 Å². The molecule has 0 aromatic rings. The molecule has 0 aromatic carbocycles. The van der Waals surface area contributed by atoms with E-state index in [1.165, 1.54) is 0 Å². The van der Waals surface area contributed by atoms with Gasteiger partial charge in [0.1, 0.15) is 0 Å². The lowest BCUT2D eigenvalue weighted by molar-refractivity contribution is -0.194. The van der Waals surface area contributed by atoms with Crippen molar-refractivity contribution < 1.29 is 40.1 Å². The van der Waals surface area contributed by atoms with E-state index < -0.39 is 45.7 Å². The van der Waals surface area contributed by atoms with Crippen molar-refractivity contribution in [3.8, 4) is 0 Å². The largest absolute Gasteiger partial charge is 0.471 e. The van der Waals surface area contributed by atoms with Gasteiger partial charge in [0.05, 0.1) is 18.3 Å². The van der Waals surface area contributed by atoms with Crippen molar-refractivity contribution in [2.45, 2.75) is 64.7 Å². The number of halogens is 3. The molecule has 1 amide bonds. The van der Waals surface area contributed by atoms with Crippen LogP contribution < -0.4 is 0 Å².